The van der Waals surface area contributed by atoms with E-state index in [1.807, 2.05) is 37.3 Å². The third kappa shape index (κ3) is 3.65. The van der Waals surface area contributed by atoms with Gasteiger partial charge in [-0.05, 0) is 26.3 Å². The van der Waals surface area contributed by atoms with Crippen molar-refractivity contribution in [3.63, 3.8) is 0 Å². The second-order valence-electron chi connectivity index (χ2n) is 6.12. The molecule has 0 spiro atoms. The van der Waals surface area contributed by atoms with Crippen LogP contribution in [0.3, 0.4) is 0 Å². The number of rotatable bonds is 5. The molecule has 0 saturated heterocycles. The fraction of sp³-hybridized carbons (Fsp3) is 0.250. The molecule has 2 aromatic heterocycles. The highest BCUT2D eigenvalue weighted by atomic mass is 32.1. The van der Waals surface area contributed by atoms with Gasteiger partial charge in [0.1, 0.15) is 15.4 Å². The van der Waals surface area contributed by atoms with Gasteiger partial charge in [-0.3, -0.25) is 9.59 Å². The molecular formula is C20H20N2O4S2. The molecule has 146 valence electrons. The Bertz CT molecular complexity index is 1090. The van der Waals surface area contributed by atoms with Crippen LogP contribution in [0.5, 0.6) is 0 Å². The van der Waals surface area contributed by atoms with E-state index in [1.54, 1.807) is 20.9 Å². The maximum absolute atomic E-state index is 12.8. The Hall–Kier alpha value is -2.71. The molecule has 0 radical (unpaired) electrons. The van der Waals surface area contributed by atoms with Crippen LogP contribution in [0.4, 0.5) is 5.00 Å². The fourth-order valence-electron chi connectivity index (χ4n) is 2.87. The standard InChI is InChI=1S/C20H20N2O4S2/c1-5-26-19(24)15-14(13-9-7-6-8-10-13)12(3)27-18(15)21-17(23)16-11(2)22(4)20(25)28-16/h6-10H,5H2,1-4H3,(H,21,23). The van der Waals surface area contributed by atoms with Crippen molar-refractivity contribution >= 4 is 39.6 Å². The largest absolute Gasteiger partial charge is 0.462 e. The third-order valence-corrected chi connectivity index (χ3v) is 6.51. The maximum Gasteiger partial charge on any atom is 0.341 e. The lowest BCUT2D eigenvalue weighted by Crippen LogP contribution is -2.15. The zero-order valence-electron chi connectivity index (χ0n) is 16.0. The molecule has 0 aliphatic carbocycles. The van der Waals surface area contributed by atoms with Crippen molar-refractivity contribution in [1.29, 1.82) is 0 Å². The Labute approximate surface area is 170 Å². The van der Waals surface area contributed by atoms with E-state index in [0.29, 0.717) is 21.1 Å². The van der Waals surface area contributed by atoms with Gasteiger partial charge in [-0.25, -0.2) is 4.79 Å². The second kappa shape index (κ2) is 8.12. The van der Waals surface area contributed by atoms with Gasteiger partial charge in [0, 0.05) is 23.2 Å². The van der Waals surface area contributed by atoms with Crippen LogP contribution in [-0.4, -0.2) is 23.1 Å². The average Bonchev–Trinajstić information content (AvgIpc) is 3.13. The first-order valence-electron chi connectivity index (χ1n) is 8.68. The number of hydrogen-bond acceptors (Lipinski definition) is 6. The number of hydrogen-bond donors (Lipinski definition) is 1. The highest BCUT2D eigenvalue weighted by molar-refractivity contribution is 7.17. The second-order valence-corrected chi connectivity index (χ2v) is 8.31. The number of nitrogens with zero attached hydrogens (tertiary/aromatic N) is 1. The molecule has 6 nitrogen and oxygen atoms in total. The van der Waals surface area contributed by atoms with E-state index in [4.69, 9.17) is 4.74 Å². The summed E-state index contributed by atoms with van der Waals surface area (Å²) in [6.45, 7) is 5.59. The summed E-state index contributed by atoms with van der Waals surface area (Å²) in [5, 5.41) is 3.23. The quantitative estimate of drug-likeness (QED) is 0.632. The summed E-state index contributed by atoms with van der Waals surface area (Å²) in [5.41, 5.74) is 2.55. The van der Waals surface area contributed by atoms with Crippen molar-refractivity contribution in [3.05, 3.63) is 61.0 Å². The molecule has 0 atom stereocenters. The molecule has 0 bridgehead atoms. The SMILES string of the molecule is CCOC(=O)c1c(NC(=O)c2sc(=O)n(C)c2C)sc(C)c1-c1ccccc1. The van der Waals surface area contributed by atoms with Gasteiger partial charge in [0.25, 0.3) is 5.91 Å². The van der Waals surface area contributed by atoms with Gasteiger partial charge >= 0.3 is 10.8 Å². The van der Waals surface area contributed by atoms with Gasteiger partial charge < -0.3 is 14.6 Å². The summed E-state index contributed by atoms with van der Waals surface area (Å²) in [7, 11) is 1.62. The minimum Gasteiger partial charge on any atom is -0.462 e. The van der Waals surface area contributed by atoms with Crippen molar-refractivity contribution in [2.24, 2.45) is 7.05 Å². The molecule has 0 fully saturated rings. The number of thiophene rings is 1. The summed E-state index contributed by atoms with van der Waals surface area (Å²) < 4.78 is 6.67. The Morgan fingerprint density at radius 3 is 2.39 bits per heavy atom. The summed E-state index contributed by atoms with van der Waals surface area (Å²) in [6, 6.07) is 9.51. The number of anilines is 1. The summed E-state index contributed by atoms with van der Waals surface area (Å²) >= 11 is 2.20. The van der Waals surface area contributed by atoms with E-state index in [1.165, 1.54) is 15.9 Å². The van der Waals surface area contributed by atoms with Crippen molar-refractivity contribution in [1.82, 2.24) is 4.57 Å². The number of carbonyl (C=O) groups excluding carboxylic acids is 2. The lowest BCUT2D eigenvalue weighted by molar-refractivity contribution is 0.0529. The zero-order chi connectivity index (χ0) is 20.4. The maximum atomic E-state index is 12.8. The van der Waals surface area contributed by atoms with Crippen LogP contribution in [0.15, 0.2) is 35.1 Å². The van der Waals surface area contributed by atoms with Crippen LogP contribution in [0.2, 0.25) is 0 Å². The summed E-state index contributed by atoms with van der Waals surface area (Å²) in [4.78, 5) is 38.4. The van der Waals surface area contributed by atoms with Crippen molar-refractivity contribution in [3.8, 4) is 11.1 Å². The topological polar surface area (TPSA) is 77.4 Å². The summed E-state index contributed by atoms with van der Waals surface area (Å²) in [5.74, 6) is -0.898. The highest BCUT2D eigenvalue weighted by Gasteiger charge is 2.26. The molecule has 2 heterocycles. The molecule has 28 heavy (non-hydrogen) atoms. The zero-order valence-corrected chi connectivity index (χ0v) is 17.6. The predicted octanol–water partition coefficient (Wildman–Crippen LogP) is 4.22. The van der Waals surface area contributed by atoms with Crippen LogP contribution in [0, 0.1) is 13.8 Å². The number of carbonyl (C=O) groups is 2. The van der Waals surface area contributed by atoms with Gasteiger partial charge in [-0.2, -0.15) is 0 Å². The van der Waals surface area contributed by atoms with Gasteiger partial charge in [-0.1, -0.05) is 41.7 Å². The first-order valence-corrected chi connectivity index (χ1v) is 10.3. The molecule has 0 unspecified atom stereocenters. The number of esters is 1. The highest BCUT2D eigenvalue weighted by Crippen LogP contribution is 2.40. The number of aromatic nitrogens is 1. The number of thiazole rings is 1. The molecule has 0 aliphatic heterocycles. The average molecular weight is 417 g/mol. The number of benzene rings is 1. The third-order valence-electron chi connectivity index (χ3n) is 4.35. The predicted molar refractivity (Wildman–Crippen MR) is 113 cm³/mol. The molecule has 0 aliphatic rings. The van der Waals surface area contributed by atoms with Crippen LogP contribution < -0.4 is 10.2 Å². The Balaban J connectivity index is 2.08. The Kier molecular flexibility index (Phi) is 5.81. The monoisotopic (exact) mass is 416 g/mol. The van der Waals surface area contributed by atoms with E-state index in [0.717, 1.165) is 27.3 Å². The fourth-order valence-corrected chi connectivity index (χ4v) is 4.81. The van der Waals surface area contributed by atoms with Gasteiger partial charge in [0.05, 0.1) is 6.61 Å². The van der Waals surface area contributed by atoms with Crippen LogP contribution in [0.25, 0.3) is 11.1 Å². The lowest BCUT2D eigenvalue weighted by atomic mass is 10.0. The smallest absolute Gasteiger partial charge is 0.341 e. The molecule has 1 aromatic carbocycles. The normalized spacial score (nSPS) is 10.7. The minimum atomic E-state index is -0.487. The van der Waals surface area contributed by atoms with Crippen LogP contribution in [0.1, 0.15) is 37.5 Å². The van der Waals surface area contributed by atoms with Gasteiger partial charge in [0.15, 0.2) is 0 Å². The molecule has 1 amide bonds. The first kappa shape index (κ1) is 20.0. The molecule has 3 rings (SSSR count). The molecule has 0 saturated carbocycles. The lowest BCUT2D eigenvalue weighted by Gasteiger charge is -2.09. The molecule has 1 N–H and O–H groups in total. The van der Waals surface area contributed by atoms with E-state index >= 15 is 0 Å². The van der Waals surface area contributed by atoms with Crippen molar-refractivity contribution in [2.45, 2.75) is 20.8 Å². The van der Waals surface area contributed by atoms with Gasteiger partial charge in [-0.15, -0.1) is 11.3 Å². The number of ether oxygens (including phenoxy) is 1. The Morgan fingerprint density at radius 1 is 1.14 bits per heavy atom. The van der Waals surface area contributed by atoms with E-state index in [-0.39, 0.29) is 11.5 Å². The van der Waals surface area contributed by atoms with E-state index < -0.39 is 11.9 Å². The number of amides is 1. The first-order chi connectivity index (χ1) is 13.3. The number of nitrogens with one attached hydrogen (secondary N) is 1. The molecule has 8 heteroatoms. The molecular weight excluding hydrogens is 396 g/mol. The van der Waals surface area contributed by atoms with Gasteiger partial charge in [0.2, 0.25) is 0 Å². The Morgan fingerprint density at radius 2 is 1.82 bits per heavy atom. The van der Waals surface area contributed by atoms with Crippen molar-refractivity contribution < 1.29 is 14.3 Å². The van der Waals surface area contributed by atoms with E-state index in [2.05, 4.69) is 5.32 Å². The van der Waals surface area contributed by atoms with E-state index in [9.17, 15) is 14.4 Å². The molecule has 3 aromatic rings. The van der Waals surface area contributed by atoms with Crippen LogP contribution in [-0.2, 0) is 11.8 Å². The summed E-state index contributed by atoms with van der Waals surface area (Å²) in [6.07, 6.45) is 0. The van der Waals surface area contributed by atoms with Crippen LogP contribution >= 0.6 is 22.7 Å². The minimum absolute atomic E-state index is 0.208. The van der Waals surface area contributed by atoms with Crippen molar-refractivity contribution in [2.75, 3.05) is 11.9 Å². The number of aryl methyl sites for hydroxylation is 1.